The first-order valence-corrected chi connectivity index (χ1v) is 10.7. The second kappa shape index (κ2) is 10.1. The minimum atomic E-state index is -0.324. The number of hydrogen-bond acceptors (Lipinski definition) is 4. The van der Waals surface area contributed by atoms with Crippen molar-refractivity contribution < 1.29 is 9.59 Å². The van der Waals surface area contributed by atoms with Gasteiger partial charge in [-0.2, -0.15) is 0 Å². The van der Waals surface area contributed by atoms with Crippen LogP contribution in [0.25, 0.3) is 0 Å². The van der Waals surface area contributed by atoms with Crippen LogP contribution in [0.15, 0.2) is 70.7 Å². The number of amides is 2. The lowest BCUT2D eigenvalue weighted by Gasteiger charge is -2.12. The number of nitrogens with one attached hydrogen (secondary N) is 2. The summed E-state index contributed by atoms with van der Waals surface area (Å²) in [5.41, 5.74) is 4.54. The number of carbonyl (C=O) groups is 2. The largest absolute Gasteiger partial charge is 0.343 e. The Balaban J connectivity index is 1.67. The van der Waals surface area contributed by atoms with Crippen molar-refractivity contribution in [3.05, 3.63) is 83.0 Å². The average Bonchev–Trinajstić information content (AvgIpc) is 2.75. The summed E-state index contributed by atoms with van der Waals surface area (Å²) >= 11 is 1.45. The summed E-state index contributed by atoms with van der Waals surface area (Å²) in [6.45, 7) is 5.98. The minimum absolute atomic E-state index is 0.112. The van der Waals surface area contributed by atoms with Crippen LogP contribution in [0, 0.1) is 13.8 Å². The number of aryl methyl sites for hydroxylation is 3. The number of pyridine rings is 1. The van der Waals surface area contributed by atoms with Crippen molar-refractivity contribution in [3.63, 3.8) is 0 Å². The highest BCUT2D eigenvalue weighted by Crippen LogP contribution is 2.31. The fourth-order valence-electron chi connectivity index (χ4n) is 2.97. The van der Waals surface area contributed by atoms with E-state index in [0.717, 1.165) is 33.7 Å². The Hall–Kier alpha value is -3.12. The number of benzene rings is 2. The standard InChI is InChI=1S/C24H25N3O2S/c1-4-18-8-5-6-10-20(18)27-22(28)15-26-23(29)19-9-7-13-25-24(19)30-21-14-16(2)11-12-17(21)3/h5-14H,4,15H2,1-3H3,(H,26,29)(H,27,28). The predicted octanol–water partition coefficient (Wildman–Crippen LogP) is 4.78. The maximum absolute atomic E-state index is 12.7. The highest BCUT2D eigenvalue weighted by atomic mass is 32.2. The lowest BCUT2D eigenvalue weighted by atomic mass is 10.1. The van der Waals surface area contributed by atoms with Crippen molar-refractivity contribution in [2.45, 2.75) is 37.1 Å². The molecule has 154 valence electrons. The molecule has 0 fully saturated rings. The highest BCUT2D eigenvalue weighted by Gasteiger charge is 2.15. The van der Waals surface area contributed by atoms with Gasteiger partial charge in [-0.3, -0.25) is 9.59 Å². The van der Waals surface area contributed by atoms with Gasteiger partial charge in [0, 0.05) is 16.8 Å². The van der Waals surface area contributed by atoms with Gasteiger partial charge >= 0.3 is 0 Å². The molecule has 0 aliphatic heterocycles. The van der Waals surface area contributed by atoms with E-state index in [4.69, 9.17) is 0 Å². The Kier molecular flexibility index (Phi) is 7.25. The maximum Gasteiger partial charge on any atom is 0.254 e. The van der Waals surface area contributed by atoms with Gasteiger partial charge in [-0.1, -0.05) is 49.0 Å². The second-order valence-corrected chi connectivity index (χ2v) is 8.00. The molecule has 1 aromatic heterocycles. The molecule has 0 aliphatic rings. The first kappa shape index (κ1) is 21.6. The molecule has 0 atom stereocenters. The molecule has 0 unspecified atom stereocenters. The monoisotopic (exact) mass is 419 g/mol. The smallest absolute Gasteiger partial charge is 0.254 e. The van der Waals surface area contributed by atoms with Crippen molar-refractivity contribution in [1.82, 2.24) is 10.3 Å². The lowest BCUT2D eigenvalue weighted by molar-refractivity contribution is -0.115. The van der Waals surface area contributed by atoms with Crippen LogP contribution in [-0.4, -0.2) is 23.3 Å². The van der Waals surface area contributed by atoms with Gasteiger partial charge in [0.25, 0.3) is 5.91 Å². The van der Waals surface area contributed by atoms with E-state index in [1.165, 1.54) is 11.8 Å². The third-order valence-electron chi connectivity index (χ3n) is 4.65. The molecule has 0 radical (unpaired) electrons. The predicted molar refractivity (Wildman–Crippen MR) is 121 cm³/mol. The number of rotatable bonds is 7. The van der Waals surface area contributed by atoms with E-state index >= 15 is 0 Å². The molecule has 0 saturated carbocycles. The van der Waals surface area contributed by atoms with Crippen LogP contribution >= 0.6 is 11.8 Å². The van der Waals surface area contributed by atoms with Gasteiger partial charge < -0.3 is 10.6 Å². The Labute approximate surface area is 181 Å². The van der Waals surface area contributed by atoms with E-state index in [0.29, 0.717) is 10.6 Å². The summed E-state index contributed by atoms with van der Waals surface area (Å²) in [7, 11) is 0. The molecule has 2 aromatic carbocycles. The van der Waals surface area contributed by atoms with Crippen molar-refractivity contribution in [3.8, 4) is 0 Å². The van der Waals surface area contributed by atoms with Gasteiger partial charge in [0.2, 0.25) is 5.91 Å². The molecule has 5 nitrogen and oxygen atoms in total. The van der Waals surface area contributed by atoms with Crippen molar-refractivity contribution >= 4 is 29.3 Å². The topological polar surface area (TPSA) is 71.1 Å². The molecule has 0 spiro atoms. The molecular formula is C24H25N3O2S. The molecule has 0 saturated heterocycles. The minimum Gasteiger partial charge on any atom is -0.343 e. The number of hydrogen-bond donors (Lipinski definition) is 2. The van der Waals surface area contributed by atoms with Crippen LogP contribution in [-0.2, 0) is 11.2 Å². The lowest BCUT2D eigenvalue weighted by Crippen LogP contribution is -2.33. The van der Waals surface area contributed by atoms with Gasteiger partial charge in [-0.25, -0.2) is 4.98 Å². The molecule has 2 N–H and O–H groups in total. The molecule has 3 rings (SSSR count). The molecule has 0 aliphatic carbocycles. The number of aromatic nitrogens is 1. The first-order valence-electron chi connectivity index (χ1n) is 9.84. The molecule has 3 aromatic rings. The highest BCUT2D eigenvalue weighted by molar-refractivity contribution is 7.99. The van der Waals surface area contributed by atoms with Crippen LogP contribution in [0.1, 0.15) is 34.0 Å². The molecule has 30 heavy (non-hydrogen) atoms. The van der Waals surface area contributed by atoms with Crippen molar-refractivity contribution in [2.24, 2.45) is 0 Å². The van der Waals surface area contributed by atoms with Crippen LogP contribution in [0.3, 0.4) is 0 Å². The Morgan fingerprint density at radius 1 is 1.03 bits per heavy atom. The van der Waals surface area contributed by atoms with Gasteiger partial charge in [0.05, 0.1) is 12.1 Å². The first-order chi connectivity index (χ1) is 14.5. The zero-order chi connectivity index (χ0) is 21.5. The van der Waals surface area contributed by atoms with Gasteiger partial charge in [0.15, 0.2) is 0 Å². The maximum atomic E-state index is 12.7. The number of nitrogens with zero attached hydrogens (tertiary/aromatic N) is 1. The van der Waals surface area contributed by atoms with E-state index in [2.05, 4.69) is 33.8 Å². The fraction of sp³-hybridized carbons (Fsp3) is 0.208. The molecule has 1 heterocycles. The van der Waals surface area contributed by atoms with Crippen LogP contribution in [0.5, 0.6) is 0 Å². The van der Waals surface area contributed by atoms with Crippen LogP contribution in [0.4, 0.5) is 5.69 Å². The van der Waals surface area contributed by atoms with E-state index < -0.39 is 0 Å². The molecule has 6 heteroatoms. The summed E-state index contributed by atoms with van der Waals surface area (Å²) in [4.78, 5) is 30.5. The second-order valence-electron chi connectivity index (χ2n) is 6.97. The zero-order valence-corrected chi connectivity index (χ0v) is 18.2. The van der Waals surface area contributed by atoms with Gasteiger partial charge in [-0.05, 0) is 61.2 Å². The quantitative estimate of drug-likeness (QED) is 0.578. The Morgan fingerprint density at radius 3 is 2.63 bits per heavy atom. The van der Waals surface area contributed by atoms with Crippen molar-refractivity contribution in [2.75, 3.05) is 11.9 Å². The third kappa shape index (κ3) is 5.48. The third-order valence-corrected chi connectivity index (χ3v) is 5.83. The van der Waals surface area contributed by atoms with Gasteiger partial charge in [0.1, 0.15) is 5.03 Å². The molecule has 2 amide bonds. The van der Waals surface area contributed by atoms with Crippen molar-refractivity contribution in [1.29, 1.82) is 0 Å². The Bertz CT molecular complexity index is 1070. The summed E-state index contributed by atoms with van der Waals surface area (Å²) in [6, 6.07) is 17.3. The summed E-state index contributed by atoms with van der Waals surface area (Å²) in [5.74, 6) is -0.591. The number of carbonyl (C=O) groups excluding carboxylic acids is 2. The van der Waals surface area contributed by atoms with Crippen LogP contribution < -0.4 is 10.6 Å². The number of para-hydroxylation sites is 1. The molecular weight excluding hydrogens is 394 g/mol. The normalized spacial score (nSPS) is 10.5. The van der Waals surface area contributed by atoms with E-state index in [1.807, 2.05) is 45.0 Å². The van der Waals surface area contributed by atoms with Gasteiger partial charge in [-0.15, -0.1) is 0 Å². The summed E-state index contributed by atoms with van der Waals surface area (Å²) < 4.78 is 0. The Morgan fingerprint density at radius 2 is 1.83 bits per heavy atom. The fourth-order valence-corrected chi connectivity index (χ4v) is 4.03. The van der Waals surface area contributed by atoms with E-state index in [-0.39, 0.29) is 18.4 Å². The summed E-state index contributed by atoms with van der Waals surface area (Å²) in [5, 5.41) is 6.18. The summed E-state index contributed by atoms with van der Waals surface area (Å²) in [6.07, 6.45) is 2.48. The molecule has 0 bridgehead atoms. The van der Waals surface area contributed by atoms with E-state index in [9.17, 15) is 9.59 Å². The number of anilines is 1. The van der Waals surface area contributed by atoms with Crippen LogP contribution in [0.2, 0.25) is 0 Å². The zero-order valence-electron chi connectivity index (χ0n) is 17.4. The van der Waals surface area contributed by atoms with E-state index in [1.54, 1.807) is 18.3 Å². The SMILES string of the molecule is CCc1ccccc1NC(=O)CNC(=O)c1cccnc1Sc1cc(C)ccc1C. The average molecular weight is 420 g/mol.